The number of oxazole rings is 1. The summed E-state index contributed by atoms with van der Waals surface area (Å²) in [4.78, 5) is 8.38. The number of rotatable bonds is 4. The molecular formula is C11H14ClN3O2. The monoisotopic (exact) mass is 255 g/mol. The lowest BCUT2D eigenvalue weighted by molar-refractivity contribution is 0.404. The topological polar surface area (TPSA) is 65.0 Å². The third-order valence-electron chi connectivity index (χ3n) is 2.36. The summed E-state index contributed by atoms with van der Waals surface area (Å²) in [5.74, 6) is 1.92. The summed E-state index contributed by atoms with van der Waals surface area (Å²) in [5.41, 5.74) is 0.735. The highest BCUT2D eigenvalue weighted by atomic mass is 35.5. The Labute approximate surface area is 104 Å². The van der Waals surface area contributed by atoms with Crippen molar-refractivity contribution in [1.82, 2.24) is 15.1 Å². The molecule has 6 heteroatoms. The molecule has 0 N–H and O–H groups in total. The third-order valence-corrected chi connectivity index (χ3v) is 2.78. The highest BCUT2D eigenvalue weighted by molar-refractivity contribution is 6.20. The fraction of sp³-hybridized carbons (Fsp3) is 0.545. The van der Waals surface area contributed by atoms with Crippen LogP contribution in [0.2, 0.25) is 0 Å². The van der Waals surface area contributed by atoms with E-state index in [9.17, 15) is 0 Å². The Morgan fingerprint density at radius 2 is 2.06 bits per heavy atom. The smallest absolute Gasteiger partial charge is 0.295 e. The van der Waals surface area contributed by atoms with Gasteiger partial charge in [-0.25, -0.2) is 4.98 Å². The van der Waals surface area contributed by atoms with Gasteiger partial charge in [-0.05, 0) is 13.3 Å². The number of aromatic nitrogens is 3. The Balaban J connectivity index is 2.26. The predicted octanol–water partition coefficient (Wildman–Crippen LogP) is 3.42. The first kappa shape index (κ1) is 12.1. The number of halogens is 1. The van der Waals surface area contributed by atoms with Crippen molar-refractivity contribution in [3.05, 3.63) is 17.4 Å². The van der Waals surface area contributed by atoms with Crippen molar-refractivity contribution < 1.29 is 8.94 Å². The van der Waals surface area contributed by atoms with Crippen LogP contribution in [0.25, 0.3) is 11.7 Å². The van der Waals surface area contributed by atoms with Gasteiger partial charge in [0.15, 0.2) is 11.7 Å². The zero-order chi connectivity index (χ0) is 12.4. The van der Waals surface area contributed by atoms with Gasteiger partial charge in [-0.3, -0.25) is 0 Å². The van der Waals surface area contributed by atoms with Crippen LogP contribution in [0, 0.1) is 13.8 Å². The molecule has 0 radical (unpaired) electrons. The van der Waals surface area contributed by atoms with Crippen LogP contribution in [0.5, 0.6) is 0 Å². The van der Waals surface area contributed by atoms with Gasteiger partial charge in [0.2, 0.25) is 5.76 Å². The number of nitrogens with zero attached hydrogens (tertiary/aromatic N) is 3. The third kappa shape index (κ3) is 2.49. The SMILES string of the molecule is CCCC(Cl)c1noc(-c2oc(C)nc2C)n1. The fourth-order valence-electron chi connectivity index (χ4n) is 1.57. The van der Waals surface area contributed by atoms with Gasteiger partial charge >= 0.3 is 0 Å². The molecule has 17 heavy (non-hydrogen) atoms. The summed E-state index contributed by atoms with van der Waals surface area (Å²) in [6.45, 7) is 5.66. The maximum Gasteiger partial charge on any atom is 0.295 e. The molecule has 0 fully saturated rings. The van der Waals surface area contributed by atoms with Crippen LogP contribution in [0.4, 0.5) is 0 Å². The zero-order valence-electron chi connectivity index (χ0n) is 10.0. The average molecular weight is 256 g/mol. The summed E-state index contributed by atoms with van der Waals surface area (Å²) in [7, 11) is 0. The summed E-state index contributed by atoms with van der Waals surface area (Å²) in [6.07, 6.45) is 1.79. The molecule has 0 saturated heterocycles. The quantitative estimate of drug-likeness (QED) is 0.783. The number of hydrogen-bond acceptors (Lipinski definition) is 5. The minimum atomic E-state index is -0.221. The van der Waals surface area contributed by atoms with Crippen LogP contribution >= 0.6 is 11.6 Å². The van der Waals surface area contributed by atoms with Crippen LogP contribution in [-0.2, 0) is 0 Å². The van der Waals surface area contributed by atoms with Crippen LogP contribution in [0.3, 0.4) is 0 Å². The molecule has 0 aromatic carbocycles. The minimum absolute atomic E-state index is 0.221. The Morgan fingerprint density at radius 1 is 1.29 bits per heavy atom. The number of aryl methyl sites for hydroxylation is 2. The molecule has 5 nitrogen and oxygen atoms in total. The number of hydrogen-bond donors (Lipinski definition) is 0. The molecule has 2 aromatic heterocycles. The molecule has 0 bridgehead atoms. The van der Waals surface area contributed by atoms with Gasteiger partial charge in [0.25, 0.3) is 5.89 Å². The van der Waals surface area contributed by atoms with Crippen molar-refractivity contribution in [2.75, 3.05) is 0 Å². The van der Waals surface area contributed by atoms with E-state index in [2.05, 4.69) is 22.0 Å². The van der Waals surface area contributed by atoms with Crippen LogP contribution < -0.4 is 0 Å². The van der Waals surface area contributed by atoms with Crippen LogP contribution in [0.1, 0.15) is 42.6 Å². The Morgan fingerprint density at radius 3 is 2.65 bits per heavy atom. The van der Waals surface area contributed by atoms with Crippen molar-refractivity contribution in [3.63, 3.8) is 0 Å². The van der Waals surface area contributed by atoms with Gasteiger partial charge in [0.05, 0.1) is 11.1 Å². The molecule has 2 rings (SSSR count). The fourth-order valence-corrected chi connectivity index (χ4v) is 1.87. The maximum absolute atomic E-state index is 6.12. The Hall–Kier alpha value is -1.36. The first-order chi connectivity index (χ1) is 8.11. The van der Waals surface area contributed by atoms with Crippen molar-refractivity contribution >= 4 is 11.6 Å². The van der Waals surface area contributed by atoms with E-state index in [0.717, 1.165) is 18.5 Å². The minimum Gasteiger partial charge on any atom is -0.436 e. The lowest BCUT2D eigenvalue weighted by atomic mass is 10.2. The standard InChI is InChI=1S/C11H14ClN3O2/c1-4-5-8(12)10-14-11(17-15-10)9-6(2)13-7(3)16-9/h8H,4-5H2,1-3H3. The van der Waals surface area contributed by atoms with Crippen LogP contribution in [0.15, 0.2) is 8.94 Å². The molecule has 2 aromatic rings. The van der Waals surface area contributed by atoms with Gasteiger partial charge < -0.3 is 8.94 Å². The van der Waals surface area contributed by atoms with Crippen molar-refractivity contribution in [2.45, 2.75) is 39.0 Å². The molecule has 0 saturated carbocycles. The molecule has 1 atom stereocenters. The van der Waals surface area contributed by atoms with Crippen LogP contribution in [-0.4, -0.2) is 15.1 Å². The Kier molecular flexibility index (Phi) is 3.47. The second-order valence-electron chi connectivity index (χ2n) is 3.86. The average Bonchev–Trinajstić information content (AvgIpc) is 2.85. The van der Waals surface area contributed by atoms with E-state index < -0.39 is 0 Å². The summed E-state index contributed by atoms with van der Waals surface area (Å²) in [5, 5.41) is 3.64. The maximum atomic E-state index is 6.12. The molecule has 2 heterocycles. The van der Waals surface area contributed by atoms with Gasteiger partial charge in [-0.2, -0.15) is 4.98 Å². The second-order valence-corrected chi connectivity index (χ2v) is 4.39. The highest BCUT2D eigenvalue weighted by Crippen LogP contribution is 2.27. The molecule has 0 aliphatic rings. The molecule has 0 spiro atoms. The van der Waals surface area contributed by atoms with Gasteiger partial charge in [0.1, 0.15) is 0 Å². The molecule has 92 valence electrons. The van der Waals surface area contributed by atoms with E-state index in [0.29, 0.717) is 23.4 Å². The van der Waals surface area contributed by atoms with Gasteiger partial charge in [-0.1, -0.05) is 18.5 Å². The summed E-state index contributed by atoms with van der Waals surface area (Å²) >= 11 is 6.12. The first-order valence-electron chi connectivity index (χ1n) is 5.54. The number of alkyl halides is 1. The lowest BCUT2D eigenvalue weighted by Crippen LogP contribution is -1.92. The highest BCUT2D eigenvalue weighted by Gasteiger charge is 2.20. The van der Waals surface area contributed by atoms with Crippen molar-refractivity contribution in [2.24, 2.45) is 0 Å². The predicted molar refractivity (Wildman–Crippen MR) is 62.8 cm³/mol. The van der Waals surface area contributed by atoms with Crippen molar-refractivity contribution in [3.8, 4) is 11.7 Å². The van der Waals surface area contributed by atoms with Gasteiger partial charge in [0, 0.05) is 6.92 Å². The van der Waals surface area contributed by atoms with E-state index >= 15 is 0 Å². The molecule has 0 amide bonds. The molecule has 0 aliphatic carbocycles. The van der Waals surface area contributed by atoms with E-state index in [1.165, 1.54) is 0 Å². The molecule has 1 unspecified atom stereocenters. The summed E-state index contributed by atoms with van der Waals surface area (Å²) < 4.78 is 10.5. The lowest BCUT2D eigenvalue weighted by Gasteiger charge is -1.99. The summed E-state index contributed by atoms with van der Waals surface area (Å²) in [6, 6.07) is 0. The van der Waals surface area contributed by atoms with E-state index in [4.69, 9.17) is 20.5 Å². The first-order valence-corrected chi connectivity index (χ1v) is 5.97. The van der Waals surface area contributed by atoms with E-state index in [1.807, 2.05) is 6.92 Å². The normalized spacial score (nSPS) is 12.9. The van der Waals surface area contributed by atoms with E-state index in [-0.39, 0.29) is 5.38 Å². The Bertz CT molecular complexity index is 507. The van der Waals surface area contributed by atoms with E-state index in [1.54, 1.807) is 6.92 Å². The largest absolute Gasteiger partial charge is 0.436 e. The zero-order valence-corrected chi connectivity index (χ0v) is 10.8. The van der Waals surface area contributed by atoms with Gasteiger partial charge in [-0.15, -0.1) is 11.6 Å². The second kappa shape index (κ2) is 4.87. The van der Waals surface area contributed by atoms with Crippen molar-refractivity contribution in [1.29, 1.82) is 0 Å². The molecule has 0 aliphatic heterocycles. The molecular weight excluding hydrogens is 242 g/mol.